The molecule has 3 amide bonds. The molecule has 4 N–H and O–H groups in total. The number of carbonyl (C=O) groups is 4. The minimum absolute atomic E-state index is 0.00784. The van der Waals surface area contributed by atoms with Gasteiger partial charge in [0.1, 0.15) is 18.6 Å². The van der Waals surface area contributed by atoms with Gasteiger partial charge in [0.25, 0.3) is 0 Å². The summed E-state index contributed by atoms with van der Waals surface area (Å²) < 4.78 is 1.28. The minimum Gasteiger partial charge on any atom is -0.477 e. The van der Waals surface area contributed by atoms with Crippen LogP contribution in [0.4, 0.5) is 0 Å². The van der Waals surface area contributed by atoms with Crippen LogP contribution in [0, 0.1) is 11.8 Å². The van der Waals surface area contributed by atoms with Gasteiger partial charge in [0.15, 0.2) is 0 Å². The van der Waals surface area contributed by atoms with Gasteiger partial charge >= 0.3 is 5.97 Å². The third kappa shape index (κ3) is 5.29. The summed E-state index contributed by atoms with van der Waals surface area (Å²) in [5.41, 5.74) is 0.0129. The average molecular weight is 604 g/mol. The van der Waals surface area contributed by atoms with Crippen molar-refractivity contribution < 1.29 is 29.4 Å². The number of carbonyl (C=O) groups excluding carboxylic acids is 3. The summed E-state index contributed by atoms with van der Waals surface area (Å²) >= 11 is 1.45. The number of hydrogen-bond donors (Lipinski definition) is 4. The van der Waals surface area contributed by atoms with Crippen molar-refractivity contribution in [3.05, 3.63) is 16.9 Å². The number of aliphatic carboxylic acids is 1. The van der Waals surface area contributed by atoms with E-state index in [2.05, 4.69) is 31.1 Å². The molecule has 0 radical (unpaired) electrons. The molecule has 0 spiro atoms. The predicted octanol–water partition coefficient (Wildman–Crippen LogP) is -1.92. The molecule has 6 atom stereocenters. The summed E-state index contributed by atoms with van der Waals surface area (Å²) in [5, 5.41) is 36.5. The zero-order chi connectivity index (χ0) is 29.7. The van der Waals surface area contributed by atoms with Gasteiger partial charge in [-0.15, -0.1) is 16.9 Å². The maximum Gasteiger partial charge on any atom is 0.353 e. The molecule has 15 nitrogen and oxygen atoms in total. The highest BCUT2D eigenvalue weighted by molar-refractivity contribution is 8.03. The lowest BCUT2D eigenvalue weighted by atomic mass is 9.78. The Morgan fingerprint density at radius 2 is 1.98 bits per heavy atom. The number of amides is 3. The molecular formula is C26H37N9O6S. The van der Waals surface area contributed by atoms with Crippen LogP contribution in [-0.2, 0) is 25.7 Å². The third-order valence-electron chi connectivity index (χ3n) is 9.28. The van der Waals surface area contributed by atoms with E-state index < -0.39 is 17.9 Å². The van der Waals surface area contributed by atoms with Crippen LogP contribution >= 0.6 is 11.8 Å². The topological polar surface area (TPSA) is 186 Å². The summed E-state index contributed by atoms with van der Waals surface area (Å²) in [7, 11) is 0. The fraction of sp³-hybridized carbons (Fsp3) is 0.731. The van der Waals surface area contributed by atoms with Gasteiger partial charge in [-0.2, -0.15) is 0 Å². The Bertz CT molecular complexity index is 1260. The molecule has 5 aliphatic rings. The van der Waals surface area contributed by atoms with Crippen LogP contribution < -0.4 is 10.6 Å². The lowest BCUT2D eigenvalue weighted by Crippen LogP contribution is -2.66. The first-order chi connectivity index (χ1) is 20.1. The highest BCUT2D eigenvalue weighted by atomic mass is 32.2. The molecule has 0 saturated carbocycles. The monoisotopic (exact) mass is 603 g/mol. The van der Waals surface area contributed by atoms with Gasteiger partial charge in [-0.1, -0.05) is 6.92 Å². The summed E-state index contributed by atoms with van der Waals surface area (Å²) in [5.74, 6) is -2.50. The van der Waals surface area contributed by atoms with Crippen LogP contribution in [0.2, 0.25) is 0 Å². The molecule has 228 valence electrons. The lowest BCUT2D eigenvalue weighted by Gasteiger charge is -2.47. The number of likely N-dealkylation sites (tertiary alicyclic amines) is 2. The van der Waals surface area contributed by atoms with Crippen LogP contribution in [0.1, 0.15) is 33.1 Å². The fourth-order valence-electron chi connectivity index (χ4n) is 7.10. The first kappa shape index (κ1) is 29.0. The molecule has 0 bridgehead atoms. The van der Waals surface area contributed by atoms with Crippen molar-refractivity contribution in [2.24, 2.45) is 11.8 Å². The van der Waals surface area contributed by atoms with E-state index in [1.54, 1.807) is 6.92 Å². The molecule has 0 aromatic carbocycles. The number of piperidine rings is 1. The molecule has 4 fully saturated rings. The molecule has 0 unspecified atom stereocenters. The number of tetrazole rings is 1. The average Bonchev–Trinajstić information content (AvgIpc) is 3.67. The highest BCUT2D eigenvalue weighted by Crippen LogP contribution is 2.51. The number of thioether (sulfide) groups is 1. The zero-order valence-corrected chi connectivity index (χ0v) is 24.4. The summed E-state index contributed by atoms with van der Waals surface area (Å²) in [6.45, 7) is 6.99. The molecule has 1 aromatic heterocycles. The molecule has 16 heteroatoms. The zero-order valence-electron chi connectivity index (χ0n) is 23.6. The van der Waals surface area contributed by atoms with Crippen LogP contribution in [0.15, 0.2) is 16.9 Å². The SMILES string of the molecule is C[C@@H](NC(=O)Cn1cnnn1)[C@H]1C(=O)N2C(C(=O)O)=C(S[C@@H]3CN[C@H](C(=O)N4CCC(N5CC(O)C5)CC4)C3)[C@H](C)[C@H]12. The van der Waals surface area contributed by atoms with E-state index in [0.29, 0.717) is 50.1 Å². The minimum atomic E-state index is -1.15. The largest absolute Gasteiger partial charge is 0.477 e. The molecule has 4 saturated heterocycles. The van der Waals surface area contributed by atoms with E-state index >= 15 is 0 Å². The van der Waals surface area contributed by atoms with Gasteiger partial charge < -0.3 is 30.6 Å². The van der Waals surface area contributed by atoms with Crippen LogP contribution in [0.3, 0.4) is 0 Å². The Balaban J connectivity index is 1.04. The lowest BCUT2D eigenvalue weighted by molar-refractivity contribution is -0.158. The Hall–Kier alpha value is -3.08. The van der Waals surface area contributed by atoms with E-state index in [-0.39, 0.29) is 59.3 Å². The van der Waals surface area contributed by atoms with Gasteiger partial charge in [0.05, 0.1) is 24.1 Å². The molecule has 6 rings (SSSR count). The number of β-lactam (4-membered cyclic amide) rings is 1. The number of fused-ring (bicyclic) bond motifs is 1. The number of carboxylic acids is 1. The number of nitrogens with one attached hydrogen (secondary N) is 2. The van der Waals surface area contributed by atoms with Crippen molar-refractivity contribution in [3.63, 3.8) is 0 Å². The number of rotatable bonds is 9. The van der Waals surface area contributed by atoms with Crippen molar-refractivity contribution in [1.29, 1.82) is 0 Å². The van der Waals surface area contributed by atoms with E-state index in [4.69, 9.17) is 0 Å². The maximum atomic E-state index is 13.3. The molecular weight excluding hydrogens is 566 g/mol. The van der Waals surface area contributed by atoms with E-state index in [1.165, 1.54) is 27.7 Å². The summed E-state index contributed by atoms with van der Waals surface area (Å²) in [4.78, 5) is 57.5. The number of carboxylic acid groups (broad SMARTS) is 1. The number of β-amino-alcohol motifs (C(OH)–C–C–N with tert-alkyl or cyclic N) is 1. The fourth-order valence-corrected chi connectivity index (χ4v) is 8.58. The number of aliphatic hydroxyl groups excluding tert-OH is 1. The van der Waals surface area contributed by atoms with Crippen molar-refractivity contribution >= 4 is 35.5 Å². The maximum absolute atomic E-state index is 13.3. The summed E-state index contributed by atoms with van der Waals surface area (Å²) in [6, 6.07) is -0.774. The summed E-state index contributed by atoms with van der Waals surface area (Å²) in [6.07, 6.45) is 3.48. The Kier molecular flexibility index (Phi) is 7.97. The quantitative estimate of drug-likeness (QED) is 0.230. The van der Waals surface area contributed by atoms with E-state index in [0.717, 1.165) is 12.8 Å². The Labute approximate surface area is 247 Å². The van der Waals surface area contributed by atoms with Crippen LogP contribution in [0.25, 0.3) is 0 Å². The third-order valence-corrected chi connectivity index (χ3v) is 10.8. The second-order valence-electron chi connectivity index (χ2n) is 12.0. The standard InChI is InChI=1S/C26H37N9O6S/c1-13-21-20(14(2)29-19(37)11-34-12-28-30-31-34)25(39)35(21)22(26(40)41)23(13)42-17-7-18(27-8-17)24(38)32-5-3-15(4-6-32)33-9-16(36)10-33/h12-18,20-21,27,36H,3-11H2,1-2H3,(H,29,37)(H,40,41)/t13-,14-,17+,18+,20-,21-/m1/s1. The Morgan fingerprint density at radius 3 is 2.62 bits per heavy atom. The van der Waals surface area contributed by atoms with Gasteiger partial charge in [-0.05, 0) is 36.6 Å². The van der Waals surface area contributed by atoms with Crippen molar-refractivity contribution in [2.45, 2.75) is 75.2 Å². The van der Waals surface area contributed by atoms with E-state index in [9.17, 15) is 29.4 Å². The molecule has 1 aromatic rings. The Morgan fingerprint density at radius 1 is 1.24 bits per heavy atom. The number of nitrogens with zero attached hydrogens (tertiary/aromatic N) is 7. The first-order valence-corrected chi connectivity index (χ1v) is 15.4. The van der Waals surface area contributed by atoms with Crippen LogP contribution in [-0.4, -0.2) is 137 Å². The van der Waals surface area contributed by atoms with Crippen molar-refractivity contribution in [2.75, 3.05) is 32.7 Å². The first-order valence-electron chi connectivity index (χ1n) is 14.5. The van der Waals surface area contributed by atoms with Gasteiger partial charge in [0, 0.05) is 60.9 Å². The molecule has 0 aliphatic carbocycles. The molecule has 5 aliphatic heterocycles. The second-order valence-corrected chi connectivity index (χ2v) is 13.3. The van der Waals surface area contributed by atoms with E-state index in [1.807, 2.05) is 11.8 Å². The van der Waals surface area contributed by atoms with Crippen molar-refractivity contribution in [3.8, 4) is 0 Å². The number of hydrogen-bond acceptors (Lipinski definition) is 11. The smallest absolute Gasteiger partial charge is 0.353 e. The van der Waals surface area contributed by atoms with Crippen LogP contribution in [0.5, 0.6) is 0 Å². The van der Waals surface area contributed by atoms with Crippen molar-refractivity contribution in [1.82, 2.24) is 45.5 Å². The predicted molar refractivity (Wildman–Crippen MR) is 148 cm³/mol. The number of aliphatic hydroxyl groups is 1. The van der Waals surface area contributed by atoms with Gasteiger partial charge in [-0.3, -0.25) is 19.3 Å². The molecule has 42 heavy (non-hydrogen) atoms. The van der Waals surface area contributed by atoms with Gasteiger partial charge in [0.2, 0.25) is 17.7 Å². The number of aromatic nitrogens is 4. The van der Waals surface area contributed by atoms with Gasteiger partial charge in [-0.25, -0.2) is 9.48 Å². The molecule has 6 heterocycles. The highest BCUT2D eigenvalue weighted by Gasteiger charge is 2.60. The second kappa shape index (κ2) is 11.5. The normalized spacial score (nSPS) is 31.1.